The summed E-state index contributed by atoms with van der Waals surface area (Å²) in [6.07, 6.45) is 0. The molecule has 0 aliphatic heterocycles. The summed E-state index contributed by atoms with van der Waals surface area (Å²) in [5.41, 5.74) is 0.383. The third-order valence-corrected chi connectivity index (χ3v) is 2.41. The maximum atomic E-state index is 10.2. The molecule has 114 valence electrons. The van der Waals surface area contributed by atoms with Crippen LogP contribution >= 0.6 is 0 Å². The molecule has 0 saturated carbocycles. The molecule has 0 fully saturated rings. The van der Waals surface area contributed by atoms with Gasteiger partial charge in [-0.3, -0.25) is 14.9 Å². The maximum absolute atomic E-state index is 10.2. The second-order valence-electron chi connectivity index (χ2n) is 3.75. The summed E-state index contributed by atoms with van der Waals surface area (Å²) in [4.78, 5) is 29.5. The van der Waals surface area contributed by atoms with Crippen molar-refractivity contribution in [2.75, 3.05) is 7.11 Å². The fourth-order valence-corrected chi connectivity index (χ4v) is 1.35. The highest BCUT2D eigenvalue weighted by Crippen LogP contribution is 2.17. The number of non-ortho nitro benzene ring substituents is 1. The first-order valence-corrected chi connectivity index (χ1v) is 5.93. The molecule has 0 amide bonds. The molecule has 2 aromatic carbocycles. The van der Waals surface area contributed by atoms with Crippen LogP contribution in [0.3, 0.4) is 0 Å². The number of nitro benzene ring substituents is 1. The van der Waals surface area contributed by atoms with Gasteiger partial charge in [-0.2, -0.15) is 0 Å². The fraction of sp³-hybridized carbons (Fsp3) is 0.0714. The van der Waals surface area contributed by atoms with Crippen LogP contribution in [-0.4, -0.2) is 18.5 Å². The van der Waals surface area contributed by atoms with Crippen molar-refractivity contribution >= 4 is 17.8 Å². The minimum atomic E-state index is -0.445. The van der Waals surface area contributed by atoms with Crippen molar-refractivity contribution in [3.63, 3.8) is 0 Å². The molecule has 0 bridgehead atoms. The predicted molar refractivity (Wildman–Crippen MR) is 78.2 cm³/mol. The number of hydrogen-bond acceptors (Lipinski definition) is 7. The molecule has 0 unspecified atom stereocenters. The van der Waals surface area contributed by atoms with Crippen molar-refractivity contribution in [2.24, 2.45) is 5.18 Å². The zero-order valence-electron chi connectivity index (χ0n) is 11.5. The quantitative estimate of drug-likeness (QED) is 0.363. The van der Waals surface area contributed by atoms with Crippen molar-refractivity contribution in [1.29, 1.82) is 0 Å². The number of hydrogen-bond donors (Lipinski definition) is 0. The van der Waals surface area contributed by atoms with E-state index in [1.165, 1.54) is 43.5 Å². The van der Waals surface area contributed by atoms with E-state index in [1.54, 1.807) is 12.1 Å². The molecule has 0 heterocycles. The number of carbonyl (C=O) groups excluding carboxylic acids is 1. The third-order valence-electron chi connectivity index (χ3n) is 2.41. The molecule has 2 aromatic rings. The van der Waals surface area contributed by atoms with E-state index in [9.17, 15) is 19.8 Å². The Hall–Kier alpha value is -3.29. The fourth-order valence-electron chi connectivity index (χ4n) is 1.35. The molecule has 0 aromatic heterocycles. The predicted octanol–water partition coefficient (Wildman–Crippen LogP) is 3.22. The number of methoxy groups -OCH3 is 1. The van der Waals surface area contributed by atoms with Crippen molar-refractivity contribution < 1.29 is 19.2 Å². The molecule has 2 rings (SSSR count). The van der Waals surface area contributed by atoms with Gasteiger partial charge in [0.1, 0.15) is 17.2 Å². The second-order valence-corrected chi connectivity index (χ2v) is 3.75. The number of benzene rings is 2. The van der Waals surface area contributed by atoms with Crippen LogP contribution in [0.1, 0.15) is 0 Å². The molecule has 8 nitrogen and oxygen atoms in total. The van der Waals surface area contributed by atoms with E-state index in [0.717, 1.165) is 0 Å². The van der Waals surface area contributed by atoms with E-state index in [1.807, 2.05) is 0 Å². The topological polar surface area (TPSA) is 108 Å². The van der Waals surface area contributed by atoms with Crippen LogP contribution in [0.2, 0.25) is 0 Å². The van der Waals surface area contributed by atoms with Gasteiger partial charge in [0, 0.05) is 12.1 Å². The van der Waals surface area contributed by atoms with Crippen LogP contribution in [0.5, 0.6) is 11.5 Å². The summed E-state index contributed by atoms with van der Waals surface area (Å²) >= 11 is 0. The van der Waals surface area contributed by atoms with E-state index in [4.69, 9.17) is 4.74 Å². The first-order chi connectivity index (χ1) is 10.6. The Morgan fingerprint density at radius 1 is 1.05 bits per heavy atom. The van der Waals surface area contributed by atoms with E-state index >= 15 is 0 Å². The van der Waals surface area contributed by atoms with Gasteiger partial charge < -0.3 is 9.47 Å². The van der Waals surface area contributed by atoms with E-state index < -0.39 is 4.92 Å². The molecule has 22 heavy (non-hydrogen) atoms. The van der Waals surface area contributed by atoms with Gasteiger partial charge in [0.2, 0.25) is 0 Å². The van der Waals surface area contributed by atoms with Crippen LogP contribution < -0.4 is 9.47 Å². The molecule has 0 saturated heterocycles. The normalized spacial score (nSPS) is 8.95. The average Bonchev–Trinajstić information content (AvgIpc) is 2.56. The first-order valence-electron chi connectivity index (χ1n) is 5.93. The van der Waals surface area contributed by atoms with E-state index in [-0.39, 0.29) is 5.69 Å². The lowest BCUT2D eigenvalue weighted by molar-refractivity contribution is -0.384. The van der Waals surface area contributed by atoms with Gasteiger partial charge in [0.15, 0.2) is 0 Å². The number of nitro groups is 1. The van der Waals surface area contributed by atoms with Crippen LogP contribution in [0, 0.1) is 15.0 Å². The molecule has 0 N–H and O–H groups in total. The minimum Gasteiger partial charge on any atom is -0.497 e. The lowest BCUT2D eigenvalue weighted by Gasteiger charge is -1.96. The molecular formula is C14H12N2O6. The summed E-state index contributed by atoms with van der Waals surface area (Å²) in [7, 11) is 1.52. The van der Waals surface area contributed by atoms with Crippen LogP contribution in [0.4, 0.5) is 11.4 Å². The zero-order valence-corrected chi connectivity index (χ0v) is 11.5. The van der Waals surface area contributed by atoms with Crippen LogP contribution in [0.15, 0.2) is 53.7 Å². The van der Waals surface area contributed by atoms with Gasteiger partial charge >= 0.3 is 0 Å². The smallest absolute Gasteiger partial charge is 0.298 e. The summed E-state index contributed by atoms with van der Waals surface area (Å²) < 4.78 is 9.31. The summed E-state index contributed by atoms with van der Waals surface area (Å²) in [5.74, 6) is 1.02. The molecule has 0 aliphatic carbocycles. The first kappa shape index (κ1) is 16.8. The van der Waals surface area contributed by atoms with E-state index in [2.05, 4.69) is 9.91 Å². The summed E-state index contributed by atoms with van der Waals surface area (Å²) in [6, 6.07) is 11.8. The lowest BCUT2D eigenvalue weighted by atomic mass is 10.3. The average molecular weight is 304 g/mol. The summed E-state index contributed by atoms with van der Waals surface area (Å²) in [6.45, 7) is 0.323. The van der Waals surface area contributed by atoms with Crippen molar-refractivity contribution in [3.8, 4) is 11.5 Å². The Labute approximate surface area is 125 Å². The van der Waals surface area contributed by atoms with Gasteiger partial charge in [-0.05, 0) is 41.6 Å². The number of rotatable bonds is 5. The molecule has 0 radical (unpaired) electrons. The monoisotopic (exact) mass is 304 g/mol. The summed E-state index contributed by atoms with van der Waals surface area (Å²) in [5, 5.41) is 12.8. The Kier molecular flexibility index (Phi) is 6.70. The van der Waals surface area contributed by atoms with Crippen LogP contribution in [0.25, 0.3) is 0 Å². The van der Waals surface area contributed by atoms with Gasteiger partial charge in [-0.15, -0.1) is 4.91 Å². The van der Waals surface area contributed by atoms with Gasteiger partial charge in [0.25, 0.3) is 12.2 Å². The SMILES string of the molecule is COc1ccc([N+](=O)[O-])cc1.O=COc1ccc(N=O)cc1. The van der Waals surface area contributed by atoms with Crippen molar-refractivity contribution in [1.82, 2.24) is 0 Å². The van der Waals surface area contributed by atoms with Gasteiger partial charge in [-0.1, -0.05) is 0 Å². The van der Waals surface area contributed by atoms with Crippen LogP contribution in [-0.2, 0) is 4.79 Å². The highest BCUT2D eigenvalue weighted by atomic mass is 16.6. The lowest BCUT2D eigenvalue weighted by Crippen LogP contribution is -1.87. The Balaban J connectivity index is 0.000000220. The van der Waals surface area contributed by atoms with Gasteiger partial charge in [-0.25, -0.2) is 0 Å². The minimum absolute atomic E-state index is 0.0748. The number of nitrogens with zero attached hydrogens (tertiary/aromatic N) is 2. The maximum Gasteiger partial charge on any atom is 0.298 e. The Morgan fingerprint density at radius 3 is 2.00 bits per heavy atom. The number of ether oxygens (including phenoxy) is 2. The highest BCUT2D eigenvalue weighted by molar-refractivity contribution is 5.48. The van der Waals surface area contributed by atoms with Gasteiger partial charge in [0.05, 0.1) is 12.0 Å². The molecule has 0 atom stereocenters. The Morgan fingerprint density at radius 2 is 1.59 bits per heavy atom. The second kappa shape index (κ2) is 8.80. The molecule has 8 heteroatoms. The third kappa shape index (κ3) is 5.37. The standard InChI is InChI=1S/C7H7NO3.C7H5NO3/c1-11-7-4-2-6(3-5-7)8(9)10;9-5-11-7-3-1-6(8-10)2-4-7/h2-5H,1H3;1-5H. The number of nitroso groups, excluding NO2 is 1. The van der Waals surface area contributed by atoms with E-state index in [0.29, 0.717) is 23.7 Å². The number of carbonyl (C=O) groups is 1. The largest absolute Gasteiger partial charge is 0.497 e. The zero-order chi connectivity index (χ0) is 16.4. The molecule has 0 spiro atoms. The highest BCUT2D eigenvalue weighted by Gasteiger charge is 2.02. The Bertz CT molecular complexity index is 625. The molecular weight excluding hydrogens is 292 g/mol. The van der Waals surface area contributed by atoms with Crippen molar-refractivity contribution in [2.45, 2.75) is 0 Å². The molecule has 0 aliphatic rings. The van der Waals surface area contributed by atoms with Crippen molar-refractivity contribution in [3.05, 3.63) is 63.6 Å².